The van der Waals surface area contributed by atoms with Crippen LogP contribution in [0.2, 0.25) is 5.02 Å². The largest absolute Gasteiger partial charge is 0.497 e. The lowest BCUT2D eigenvalue weighted by Gasteiger charge is -2.23. The first-order valence-electron chi connectivity index (χ1n) is 11.4. The summed E-state index contributed by atoms with van der Waals surface area (Å²) in [5, 5.41) is 9.76. The van der Waals surface area contributed by atoms with Crippen LogP contribution in [0.15, 0.2) is 89.0 Å². The Bertz CT molecular complexity index is 1340. The molecule has 3 aromatic rings. The summed E-state index contributed by atoms with van der Waals surface area (Å²) < 4.78 is 5.27. The summed E-state index contributed by atoms with van der Waals surface area (Å²) in [6.07, 6.45) is 0.641. The maximum absolute atomic E-state index is 12.8. The monoisotopic (exact) mass is 518 g/mol. The van der Waals surface area contributed by atoms with Crippen molar-refractivity contribution in [2.24, 2.45) is 10.1 Å². The number of ether oxygens (including phenoxy) is 1. The molecule has 0 bridgehead atoms. The minimum absolute atomic E-state index is 0.0133. The van der Waals surface area contributed by atoms with E-state index < -0.39 is 5.25 Å². The first-order valence-corrected chi connectivity index (χ1v) is 12.7. The number of amides is 2. The van der Waals surface area contributed by atoms with E-state index in [1.54, 1.807) is 31.4 Å². The molecule has 3 aromatic carbocycles. The van der Waals surface area contributed by atoms with E-state index in [0.29, 0.717) is 22.3 Å². The van der Waals surface area contributed by atoms with E-state index in [1.165, 1.54) is 11.8 Å². The molecule has 1 N–H and O–H groups in total. The summed E-state index contributed by atoms with van der Waals surface area (Å²) in [5.74, 6) is 0.131. The Balaban J connectivity index is 1.35. The van der Waals surface area contributed by atoms with Gasteiger partial charge in [0.15, 0.2) is 5.17 Å². The van der Waals surface area contributed by atoms with Gasteiger partial charge in [0.2, 0.25) is 5.91 Å². The number of anilines is 1. The van der Waals surface area contributed by atoms with E-state index >= 15 is 0 Å². The first kappa shape index (κ1) is 24.1. The smallest absolute Gasteiger partial charge is 0.262 e. The topological polar surface area (TPSA) is 83.4 Å². The Morgan fingerprint density at radius 1 is 1.08 bits per heavy atom. The number of carbonyl (C=O) groups is 2. The molecule has 7 nitrogen and oxygen atoms in total. The van der Waals surface area contributed by atoms with E-state index in [2.05, 4.69) is 10.3 Å². The SMILES string of the molecule is COc1ccc(C2=NN(C3=NC(=O)C(CC(=O)Nc4ccccc4Cl)S3)C(c3ccccc3)C2)cc1. The average molecular weight is 519 g/mol. The van der Waals surface area contributed by atoms with Gasteiger partial charge in [0.1, 0.15) is 11.0 Å². The third-order valence-corrected chi connectivity index (χ3v) is 7.43. The third-order valence-electron chi connectivity index (χ3n) is 5.96. The van der Waals surface area contributed by atoms with Crippen LogP contribution in [0.4, 0.5) is 5.69 Å². The van der Waals surface area contributed by atoms with Crippen molar-refractivity contribution in [1.29, 1.82) is 0 Å². The fourth-order valence-corrected chi connectivity index (χ4v) is 5.36. The van der Waals surface area contributed by atoms with Gasteiger partial charge in [0.25, 0.3) is 5.91 Å². The molecule has 36 heavy (non-hydrogen) atoms. The molecule has 2 aliphatic rings. The number of halogens is 1. The summed E-state index contributed by atoms with van der Waals surface area (Å²) in [6.45, 7) is 0. The lowest BCUT2D eigenvalue weighted by atomic mass is 9.98. The van der Waals surface area contributed by atoms with Crippen LogP contribution >= 0.6 is 23.4 Å². The molecular weight excluding hydrogens is 496 g/mol. The Labute approximate surface area is 218 Å². The highest BCUT2D eigenvalue weighted by molar-refractivity contribution is 8.15. The second-order valence-corrected chi connectivity index (χ2v) is 9.90. The molecule has 0 fully saturated rings. The predicted octanol–water partition coefficient (Wildman–Crippen LogP) is 5.53. The summed E-state index contributed by atoms with van der Waals surface area (Å²) in [5.41, 5.74) is 3.45. The molecule has 0 spiro atoms. The normalized spacial score (nSPS) is 19.2. The molecule has 0 aliphatic carbocycles. The van der Waals surface area contributed by atoms with Gasteiger partial charge in [-0.15, -0.1) is 0 Å². The van der Waals surface area contributed by atoms with Crippen molar-refractivity contribution in [2.45, 2.75) is 24.1 Å². The maximum Gasteiger partial charge on any atom is 0.262 e. The molecule has 2 aliphatic heterocycles. The summed E-state index contributed by atoms with van der Waals surface area (Å²) >= 11 is 7.41. The van der Waals surface area contributed by atoms with Crippen molar-refractivity contribution in [3.8, 4) is 5.75 Å². The van der Waals surface area contributed by atoms with E-state index in [4.69, 9.17) is 21.4 Å². The van der Waals surface area contributed by atoms with Gasteiger partial charge in [-0.2, -0.15) is 10.1 Å². The van der Waals surface area contributed by atoms with Crippen LogP contribution in [0.5, 0.6) is 5.75 Å². The van der Waals surface area contributed by atoms with Crippen molar-refractivity contribution in [1.82, 2.24) is 5.01 Å². The molecule has 5 rings (SSSR count). The van der Waals surface area contributed by atoms with Crippen molar-refractivity contribution >= 4 is 51.7 Å². The van der Waals surface area contributed by atoms with Gasteiger partial charge >= 0.3 is 0 Å². The van der Waals surface area contributed by atoms with Crippen molar-refractivity contribution in [3.05, 3.63) is 95.0 Å². The summed E-state index contributed by atoms with van der Waals surface area (Å²) in [4.78, 5) is 29.7. The maximum atomic E-state index is 12.8. The number of nitrogens with zero attached hydrogens (tertiary/aromatic N) is 3. The number of hydrogen-bond acceptors (Lipinski definition) is 6. The minimum Gasteiger partial charge on any atom is -0.497 e. The number of hydrogen-bond donors (Lipinski definition) is 1. The van der Waals surface area contributed by atoms with Gasteiger partial charge in [-0.25, -0.2) is 5.01 Å². The second-order valence-electron chi connectivity index (χ2n) is 8.32. The molecule has 0 radical (unpaired) electrons. The van der Waals surface area contributed by atoms with Crippen molar-refractivity contribution < 1.29 is 14.3 Å². The predicted molar refractivity (Wildman–Crippen MR) is 144 cm³/mol. The average Bonchev–Trinajstić information content (AvgIpc) is 3.50. The Kier molecular flexibility index (Phi) is 7.06. The number of benzene rings is 3. The van der Waals surface area contributed by atoms with Crippen LogP contribution in [-0.4, -0.2) is 40.1 Å². The number of nitrogens with one attached hydrogen (secondary N) is 1. The second kappa shape index (κ2) is 10.6. The zero-order chi connectivity index (χ0) is 25.1. The quantitative estimate of drug-likeness (QED) is 0.464. The number of thioether (sulfide) groups is 1. The number of methoxy groups -OCH3 is 1. The molecule has 2 atom stereocenters. The molecule has 2 unspecified atom stereocenters. The Morgan fingerprint density at radius 2 is 1.81 bits per heavy atom. The van der Waals surface area contributed by atoms with E-state index in [9.17, 15) is 9.59 Å². The van der Waals surface area contributed by atoms with Crippen LogP contribution in [-0.2, 0) is 9.59 Å². The number of amidine groups is 1. The van der Waals surface area contributed by atoms with E-state index in [0.717, 1.165) is 22.6 Å². The zero-order valence-electron chi connectivity index (χ0n) is 19.4. The van der Waals surface area contributed by atoms with Gasteiger partial charge in [0, 0.05) is 12.8 Å². The Hall–Kier alpha value is -3.62. The summed E-state index contributed by atoms with van der Waals surface area (Å²) in [6, 6.07) is 24.6. The van der Waals surface area contributed by atoms with Crippen LogP contribution in [0.3, 0.4) is 0 Å². The number of carbonyl (C=O) groups excluding carboxylic acids is 2. The standard InChI is InChI=1S/C27H23ClN4O3S/c1-35-19-13-11-17(12-14-19)22-15-23(18-7-3-2-4-8-18)32(31-22)27-30-26(34)24(36-27)16-25(33)29-21-10-6-5-9-20(21)28/h2-14,23-24H,15-16H2,1H3,(H,29,33). The zero-order valence-corrected chi connectivity index (χ0v) is 21.0. The van der Waals surface area contributed by atoms with Gasteiger partial charge in [-0.3, -0.25) is 9.59 Å². The Morgan fingerprint density at radius 3 is 2.53 bits per heavy atom. The van der Waals surface area contributed by atoms with Gasteiger partial charge in [-0.1, -0.05) is 65.8 Å². The minimum atomic E-state index is -0.626. The molecule has 0 aromatic heterocycles. The molecule has 0 saturated carbocycles. The van der Waals surface area contributed by atoms with Crippen LogP contribution in [0.1, 0.15) is 30.0 Å². The van der Waals surface area contributed by atoms with E-state index in [1.807, 2.05) is 59.6 Å². The first-order chi connectivity index (χ1) is 17.5. The third kappa shape index (κ3) is 5.15. The molecule has 9 heteroatoms. The molecule has 2 amide bonds. The molecule has 2 heterocycles. The summed E-state index contributed by atoms with van der Waals surface area (Å²) in [7, 11) is 1.63. The highest BCUT2D eigenvalue weighted by Crippen LogP contribution is 2.38. The highest BCUT2D eigenvalue weighted by Gasteiger charge is 2.39. The fraction of sp³-hybridized carbons (Fsp3) is 0.185. The number of aliphatic imine (C=N–C) groups is 1. The van der Waals surface area contributed by atoms with Crippen molar-refractivity contribution in [2.75, 3.05) is 12.4 Å². The number of hydrazone groups is 1. The fourth-order valence-electron chi connectivity index (χ4n) is 4.12. The van der Waals surface area contributed by atoms with Gasteiger partial charge < -0.3 is 10.1 Å². The molecule has 0 saturated heterocycles. The van der Waals surface area contributed by atoms with Crippen LogP contribution < -0.4 is 10.1 Å². The van der Waals surface area contributed by atoms with E-state index in [-0.39, 0.29) is 24.3 Å². The lowest BCUT2D eigenvalue weighted by molar-refractivity contribution is -0.121. The molecule has 182 valence electrons. The van der Waals surface area contributed by atoms with Crippen LogP contribution in [0, 0.1) is 0 Å². The molecular formula is C27H23ClN4O3S. The van der Waals surface area contributed by atoms with Crippen molar-refractivity contribution in [3.63, 3.8) is 0 Å². The van der Waals surface area contributed by atoms with Crippen LogP contribution in [0.25, 0.3) is 0 Å². The van der Waals surface area contributed by atoms with Gasteiger partial charge in [0.05, 0.1) is 29.6 Å². The number of rotatable bonds is 6. The number of para-hydroxylation sites is 1. The lowest BCUT2D eigenvalue weighted by Crippen LogP contribution is -2.25. The van der Waals surface area contributed by atoms with Gasteiger partial charge in [-0.05, 0) is 47.5 Å². The highest BCUT2D eigenvalue weighted by atomic mass is 35.5.